The number of rotatable bonds is 21. The number of para-hydroxylation sites is 1. The maximum atomic E-state index is 14.0. The van der Waals surface area contributed by atoms with Crippen LogP contribution in [-0.4, -0.2) is 94.9 Å². The van der Waals surface area contributed by atoms with Gasteiger partial charge in [-0.05, 0) is 49.1 Å². The van der Waals surface area contributed by atoms with Gasteiger partial charge >= 0.3 is 5.97 Å². The number of hydrogen-bond acceptors (Lipinski definition) is 8. The maximum Gasteiger partial charge on any atom is 0.326 e. The minimum Gasteiger partial charge on any atom is -0.480 e. The molecule has 18 nitrogen and oxygen atoms in total. The molecule has 51 heavy (non-hydrogen) atoms. The highest BCUT2D eigenvalue weighted by Gasteiger charge is 2.34. The number of carbonyl (C=O) groups is 5. The average Bonchev–Trinajstić information content (AvgIpc) is 3.46. The summed E-state index contributed by atoms with van der Waals surface area (Å²) in [5.41, 5.74) is 18.4. The van der Waals surface area contributed by atoms with Crippen molar-refractivity contribution in [2.45, 2.75) is 90.0 Å². The lowest BCUT2D eigenvalue weighted by Crippen LogP contribution is -2.60. The van der Waals surface area contributed by atoms with Gasteiger partial charge in [0.15, 0.2) is 11.9 Å². The number of carboxylic acids is 1. The Bertz CT molecular complexity index is 1530. The Balaban J connectivity index is 2.34. The quantitative estimate of drug-likeness (QED) is 0.0418. The molecule has 2 aromatic rings. The molecule has 282 valence electrons. The minimum atomic E-state index is -1.22. The first-order valence-electron chi connectivity index (χ1n) is 16.9. The molecule has 1 aromatic carbocycles. The van der Waals surface area contributed by atoms with Crippen molar-refractivity contribution >= 4 is 52.4 Å². The minimum absolute atomic E-state index is 0.0449. The van der Waals surface area contributed by atoms with E-state index >= 15 is 0 Å². The fourth-order valence-electron chi connectivity index (χ4n) is 5.30. The molecule has 0 radical (unpaired) electrons. The van der Waals surface area contributed by atoms with Crippen molar-refractivity contribution in [2.75, 3.05) is 13.1 Å². The first-order chi connectivity index (χ1) is 24.0. The summed E-state index contributed by atoms with van der Waals surface area (Å²) in [7, 11) is 0. The number of aliphatic carboxylic acids is 1. The summed E-state index contributed by atoms with van der Waals surface area (Å²) in [6.07, 6.45) is 2.78. The Morgan fingerprint density at radius 2 is 1.27 bits per heavy atom. The Labute approximate surface area is 297 Å². The second-order valence-electron chi connectivity index (χ2n) is 13.1. The van der Waals surface area contributed by atoms with Crippen LogP contribution in [0.2, 0.25) is 0 Å². The van der Waals surface area contributed by atoms with Gasteiger partial charge in [0, 0.05) is 36.6 Å². The van der Waals surface area contributed by atoms with E-state index in [9.17, 15) is 29.1 Å². The molecule has 2 rings (SSSR count). The summed E-state index contributed by atoms with van der Waals surface area (Å²) in [4.78, 5) is 69.1. The molecule has 1 aromatic heterocycles. The molecule has 0 saturated carbocycles. The third kappa shape index (κ3) is 13.8. The second kappa shape index (κ2) is 20.3. The fourth-order valence-corrected chi connectivity index (χ4v) is 5.30. The van der Waals surface area contributed by atoms with Gasteiger partial charge in [-0.15, -0.1) is 0 Å². The zero-order valence-electron chi connectivity index (χ0n) is 29.6. The monoisotopic (exact) mass is 714 g/mol. The van der Waals surface area contributed by atoms with E-state index in [-0.39, 0.29) is 44.1 Å². The molecule has 0 bridgehead atoms. The van der Waals surface area contributed by atoms with Crippen molar-refractivity contribution in [3.05, 3.63) is 36.0 Å². The molecule has 0 spiro atoms. The Hall–Kier alpha value is -5.39. The normalized spacial score (nSPS) is 14.1. The molecule has 4 amide bonds. The lowest BCUT2D eigenvalue weighted by Gasteiger charge is -2.28. The van der Waals surface area contributed by atoms with Gasteiger partial charge in [-0.2, -0.15) is 0 Å². The van der Waals surface area contributed by atoms with Crippen LogP contribution in [0.1, 0.15) is 58.9 Å². The van der Waals surface area contributed by atoms with Crippen molar-refractivity contribution in [2.24, 2.45) is 29.0 Å². The Morgan fingerprint density at radius 1 is 0.745 bits per heavy atom. The van der Waals surface area contributed by atoms with E-state index in [2.05, 4.69) is 36.9 Å². The van der Waals surface area contributed by atoms with Gasteiger partial charge in [-0.25, -0.2) is 4.79 Å². The topological polar surface area (TPSA) is 319 Å². The number of guanidine groups is 2. The lowest BCUT2D eigenvalue weighted by molar-refractivity contribution is -0.143. The number of nitrogens with two attached hydrogens (primary N) is 3. The van der Waals surface area contributed by atoms with Crippen molar-refractivity contribution in [3.8, 4) is 0 Å². The molecule has 0 aliphatic heterocycles. The maximum absolute atomic E-state index is 14.0. The second-order valence-corrected chi connectivity index (χ2v) is 13.1. The molecule has 0 saturated heterocycles. The van der Waals surface area contributed by atoms with E-state index in [4.69, 9.17) is 28.0 Å². The fraction of sp³-hybridized carbons (Fsp3) is 0.545. The SMILES string of the molecule is CC(C)[C@H](NC(=O)[C@@H](NC(=O)[C@H](CCCNC(=N)N)NC(=O)[C@H](Cc1c[nH]c2ccccc12)NC(=O)[C@@H](N)CCCNC(=N)N)C(C)C)C(=O)O. The molecule has 16 N–H and O–H groups in total. The number of aromatic amines is 1. The zero-order valence-corrected chi connectivity index (χ0v) is 29.6. The number of amides is 4. The lowest BCUT2D eigenvalue weighted by atomic mass is 9.99. The van der Waals surface area contributed by atoms with Gasteiger partial charge in [0.25, 0.3) is 0 Å². The van der Waals surface area contributed by atoms with Crippen LogP contribution in [0.25, 0.3) is 10.9 Å². The van der Waals surface area contributed by atoms with E-state index < -0.39 is 71.6 Å². The van der Waals surface area contributed by atoms with Gasteiger partial charge in [0.2, 0.25) is 23.6 Å². The van der Waals surface area contributed by atoms with Crippen LogP contribution >= 0.6 is 0 Å². The number of hydrogen-bond donors (Lipinski definition) is 13. The molecule has 0 fully saturated rings. The summed E-state index contributed by atoms with van der Waals surface area (Å²) in [5, 5.41) is 41.0. The van der Waals surface area contributed by atoms with E-state index in [1.165, 1.54) is 0 Å². The van der Waals surface area contributed by atoms with Gasteiger partial charge < -0.3 is 59.2 Å². The van der Waals surface area contributed by atoms with E-state index in [1.807, 2.05) is 24.3 Å². The summed E-state index contributed by atoms with van der Waals surface area (Å²) in [5.74, 6) is -5.26. The molecule has 1 heterocycles. The number of aromatic nitrogens is 1. The van der Waals surface area contributed by atoms with E-state index in [0.717, 1.165) is 16.5 Å². The van der Waals surface area contributed by atoms with E-state index in [1.54, 1.807) is 33.9 Å². The van der Waals surface area contributed by atoms with Crippen LogP contribution in [0.4, 0.5) is 0 Å². The molecule has 18 heteroatoms. The zero-order chi connectivity index (χ0) is 38.2. The molecule has 5 atom stereocenters. The predicted octanol–water partition coefficient (Wildman–Crippen LogP) is -1.10. The summed E-state index contributed by atoms with van der Waals surface area (Å²) in [6, 6.07) is 1.76. The Morgan fingerprint density at radius 3 is 1.84 bits per heavy atom. The number of H-pyrrole nitrogens is 1. The molecule has 0 aliphatic rings. The largest absolute Gasteiger partial charge is 0.480 e. The van der Waals surface area contributed by atoms with Crippen molar-refractivity contribution < 1.29 is 29.1 Å². The molecule has 0 unspecified atom stereocenters. The molecular formula is C33H54N12O6. The van der Waals surface area contributed by atoms with Gasteiger partial charge in [-0.1, -0.05) is 45.9 Å². The number of benzene rings is 1. The highest BCUT2D eigenvalue weighted by Crippen LogP contribution is 2.19. The van der Waals surface area contributed by atoms with Crippen molar-refractivity contribution in [1.29, 1.82) is 10.8 Å². The first kappa shape index (κ1) is 41.8. The van der Waals surface area contributed by atoms with Gasteiger partial charge in [-0.3, -0.25) is 30.0 Å². The van der Waals surface area contributed by atoms with Gasteiger partial charge in [0.05, 0.1) is 6.04 Å². The summed E-state index contributed by atoms with van der Waals surface area (Å²) in [6.45, 7) is 7.20. The molecular weight excluding hydrogens is 660 g/mol. The highest BCUT2D eigenvalue weighted by atomic mass is 16.4. The van der Waals surface area contributed by atoms with Crippen LogP contribution in [0.3, 0.4) is 0 Å². The average molecular weight is 715 g/mol. The third-order valence-electron chi connectivity index (χ3n) is 8.17. The smallest absolute Gasteiger partial charge is 0.326 e. The molecule has 0 aliphatic carbocycles. The number of fused-ring (bicyclic) bond motifs is 1. The van der Waals surface area contributed by atoms with Crippen molar-refractivity contribution in [3.63, 3.8) is 0 Å². The van der Waals surface area contributed by atoms with Crippen LogP contribution in [0, 0.1) is 22.7 Å². The number of carbonyl (C=O) groups excluding carboxylic acids is 4. The number of nitrogens with one attached hydrogen (secondary N) is 9. The summed E-state index contributed by atoms with van der Waals surface area (Å²) < 4.78 is 0. The predicted molar refractivity (Wildman–Crippen MR) is 193 cm³/mol. The summed E-state index contributed by atoms with van der Waals surface area (Å²) >= 11 is 0. The van der Waals surface area contributed by atoms with Crippen LogP contribution in [0.5, 0.6) is 0 Å². The van der Waals surface area contributed by atoms with Crippen LogP contribution in [0.15, 0.2) is 30.5 Å². The standard InChI is InChI=1S/C33H54N12O6/c1-17(2)25(30(49)45-26(18(3)4)31(50)51)44-28(47)23(12-8-14-40-33(37)38)42-29(48)24(15-19-16-41-22-11-6-5-9-20(19)22)43-27(46)21(34)10-7-13-39-32(35)36/h5-6,9,11,16-18,21,23-26,41H,7-8,10,12-15,34H2,1-4H3,(H,42,48)(H,43,46)(H,44,47)(H,45,49)(H,50,51)(H4,35,36,39)(H4,37,38,40)/t21-,23-,24-,25-,26-/m0/s1. The van der Waals surface area contributed by atoms with Crippen molar-refractivity contribution in [1.82, 2.24) is 36.9 Å². The van der Waals surface area contributed by atoms with E-state index in [0.29, 0.717) is 13.0 Å². The third-order valence-corrected chi connectivity index (χ3v) is 8.17. The van der Waals surface area contributed by atoms with Crippen LogP contribution in [-0.2, 0) is 30.4 Å². The first-order valence-corrected chi connectivity index (χ1v) is 16.9. The van der Waals surface area contributed by atoms with Gasteiger partial charge in [0.1, 0.15) is 24.2 Å². The van der Waals surface area contributed by atoms with Crippen LogP contribution < -0.4 is 49.1 Å². The highest BCUT2D eigenvalue weighted by molar-refractivity contribution is 5.96. The Kier molecular flexibility index (Phi) is 16.6. The number of carboxylic acid groups (broad SMARTS) is 1.